The Bertz CT molecular complexity index is 1060. The second-order valence-corrected chi connectivity index (χ2v) is 8.04. The molecule has 2 aromatic rings. The van der Waals surface area contributed by atoms with E-state index in [0.717, 1.165) is 18.9 Å². The van der Waals surface area contributed by atoms with Crippen molar-refractivity contribution in [3.8, 4) is 0 Å². The Morgan fingerprint density at radius 1 is 1.17 bits per heavy atom. The molecule has 0 radical (unpaired) electrons. The number of alkyl halides is 6. The molecule has 0 spiro atoms. The van der Waals surface area contributed by atoms with Gasteiger partial charge in [-0.2, -0.15) is 31.3 Å². The number of nitrogens with two attached hydrogens (primary N) is 2. The van der Waals surface area contributed by atoms with Gasteiger partial charge < -0.3 is 26.8 Å². The van der Waals surface area contributed by atoms with Crippen molar-refractivity contribution in [3.63, 3.8) is 0 Å². The number of halogens is 6. The predicted molar refractivity (Wildman–Crippen MR) is 120 cm³/mol. The second-order valence-electron chi connectivity index (χ2n) is 8.04. The van der Waals surface area contributed by atoms with Crippen LogP contribution in [0.4, 0.5) is 26.3 Å². The molecule has 2 heterocycles. The molecule has 1 aliphatic heterocycles. The highest BCUT2D eigenvalue weighted by molar-refractivity contribution is 5.91. The number of para-hydroxylation sites is 1. The van der Waals surface area contributed by atoms with Gasteiger partial charge in [0.25, 0.3) is 0 Å². The number of benzene rings is 1. The number of aliphatic hydroxyl groups is 1. The van der Waals surface area contributed by atoms with E-state index in [0.29, 0.717) is 25.1 Å². The number of nitrogens with one attached hydrogen (secondary N) is 2. The van der Waals surface area contributed by atoms with Crippen molar-refractivity contribution in [2.24, 2.45) is 16.5 Å². The highest BCUT2D eigenvalue weighted by atomic mass is 19.4. The van der Waals surface area contributed by atoms with E-state index in [-0.39, 0.29) is 22.9 Å². The van der Waals surface area contributed by atoms with Crippen molar-refractivity contribution >= 4 is 22.8 Å². The molecule has 1 saturated heterocycles. The lowest BCUT2D eigenvalue weighted by Crippen LogP contribution is -2.39. The van der Waals surface area contributed by atoms with Crippen LogP contribution < -0.4 is 16.8 Å². The van der Waals surface area contributed by atoms with Crippen LogP contribution in [0.15, 0.2) is 29.3 Å². The molecule has 3 rings (SSSR count). The summed E-state index contributed by atoms with van der Waals surface area (Å²) in [6, 6.07) is 3.16. The number of aliphatic hydroxyl groups excluding tert-OH is 1. The van der Waals surface area contributed by atoms with E-state index in [4.69, 9.17) is 16.9 Å². The van der Waals surface area contributed by atoms with Gasteiger partial charge in [-0.15, -0.1) is 0 Å². The topological polar surface area (TPSA) is 137 Å². The van der Waals surface area contributed by atoms with Gasteiger partial charge in [0.2, 0.25) is 5.96 Å². The van der Waals surface area contributed by atoms with Gasteiger partial charge in [0.15, 0.2) is 5.96 Å². The maximum atomic E-state index is 13.2. The largest absolute Gasteiger partial charge is 0.433 e. The van der Waals surface area contributed by atoms with E-state index in [9.17, 15) is 31.4 Å². The van der Waals surface area contributed by atoms with Crippen molar-refractivity contribution in [3.05, 3.63) is 41.1 Å². The normalized spacial score (nSPS) is 18.0. The molecule has 0 saturated carbocycles. The molecule has 1 aliphatic rings. The van der Waals surface area contributed by atoms with Crippen LogP contribution in [-0.2, 0) is 12.4 Å². The fraction of sp³-hybridized carbons (Fsp3) is 0.476. The van der Waals surface area contributed by atoms with Crippen molar-refractivity contribution in [2.45, 2.75) is 43.8 Å². The van der Waals surface area contributed by atoms with Gasteiger partial charge in [-0.1, -0.05) is 18.6 Å². The minimum absolute atomic E-state index is 0.132. The monoisotopic (exact) mass is 507 g/mol. The highest BCUT2D eigenvalue weighted by Crippen LogP contribution is 2.39. The van der Waals surface area contributed by atoms with Crippen LogP contribution >= 0.6 is 0 Å². The standard InChI is InChI=1S/C17H16F6N2O.C4H11N5/c18-16(19,20)11-5-3-4-9-10(15(26)12-6-1-2-7-24-12)8-13(17(21,22)23)25-14(9)11;1-9(2)4(7)8-3(5)6/h3-5,8,12,15,24,26H,1-2,6-7H2;1-2H3,(H5,5,6,7,8)/t12-,15+;/m1./s1. The summed E-state index contributed by atoms with van der Waals surface area (Å²) in [5, 5.41) is 20.2. The lowest BCUT2D eigenvalue weighted by Gasteiger charge is -2.29. The molecule has 0 aliphatic carbocycles. The number of guanidine groups is 2. The summed E-state index contributed by atoms with van der Waals surface area (Å²) in [6.45, 7) is 0.588. The molecule has 0 amide bonds. The maximum Gasteiger partial charge on any atom is 0.433 e. The molecule has 8 nitrogen and oxygen atoms in total. The predicted octanol–water partition coefficient (Wildman–Crippen LogP) is 3.20. The van der Waals surface area contributed by atoms with Crippen molar-refractivity contribution in [2.75, 3.05) is 20.6 Å². The Morgan fingerprint density at radius 2 is 1.83 bits per heavy atom. The number of aliphatic imine (C=N–C) groups is 1. The Hall–Kier alpha value is -3.13. The number of hydrogen-bond donors (Lipinski definition) is 5. The van der Waals surface area contributed by atoms with Gasteiger partial charge >= 0.3 is 12.4 Å². The molecule has 7 N–H and O–H groups in total. The van der Waals surface area contributed by atoms with Gasteiger partial charge in [-0.05, 0) is 37.1 Å². The minimum Gasteiger partial charge on any atom is -0.387 e. The van der Waals surface area contributed by atoms with Crippen LogP contribution in [0, 0.1) is 5.41 Å². The van der Waals surface area contributed by atoms with Crippen molar-refractivity contribution < 1.29 is 31.4 Å². The molecular formula is C21H27F6N7O. The second kappa shape index (κ2) is 11.1. The van der Waals surface area contributed by atoms with Crippen LogP contribution in [0.3, 0.4) is 0 Å². The molecule has 1 aromatic carbocycles. The quantitative estimate of drug-likeness (QED) is 0.241. The summed E-state index contributed by atoms with van der Waals surface area (Å²) in [5.74, 6) is -0.0382. The number of hydrogen-bond acceptors (Lipinski definition) is 4. The molecule has 14 heteroatoms. The highest BCUT2D eigenvalue weighted by Gasteiger charge is 2.38. The van der Waals surface area contributed by atoms with Gasteiger partial charge in [0, 0.05) is 25.5 Å². The first-order chi connectivity index (χ1) is 16.1. The van der Waals surface area contributed by atoms with Crippen LogP contribution in [-0.4, -0.2) is 53.6 Å². The Kier molecular flexibility index (Phi) is 8.89. The zero-order valence-corrected chi connectivity index (χ0v) is 19.0. The molecular weight excluding hydrogens is 480 g/mol. The smallest absolute Gasteiger partial charge is 0.387 e. The maximum absolute atomic E-state index is 13.2. The lowest BCUT2D eigenvalue weighted by molar-refractivity contribution is -0.142. The third kappa shape index (κ3) is 7.42. The van der Waals surface area contributed by atoms with E-state index in [1.807, 2.05) is 0 Å². The van der Waals surface area contributed by atoms with E-state index in [1.54, 1.807) is 19.0 Å². The first-order valence-electron chi connectivity index (χ1n) is 10.5. The Labute approximate surface area is 197 Å². The molecule has 2 atom stereocenters. The number of pyridine rings is 1. The fourth-order valence-corrected chi connectivity index (χ4v) is 3.48. The SMILES string of the molecule is CN(C)C(N)=NC(=N)N.O[C@@H](c1cc(C(F)(F)F)nc2c(C(F)(F)F)cccc12)[C@H]1CCCCN1. The lowest BCUT2D eigenvalue weighted by atomic mass is 9.91. The molecule has 35 heavy (non-hydrogen) atoms. The van der Waals surface area contributed by atoms with Crippen molar-refractivity contribution in [1.82, 2.24) is 15.2 Å². The minimum atomic E-state index is -4.93. The van der Waals surface area contributed by atoms with Gasteiger partial charge in [0.1, 0.15) is 5.69 Å². The number of rotatable bonds is 2. The summed E-state index contributed by atoms with van der Waals surface area (Å²) in [6.07, 6.45) is -9.00. The Morgan fingerprint density at radius 3 is 2.29 bits per heavy atom. The summed E-state index contributed by atoms with van der Waals surface area (Å²) in [4.78, 5) is 8.25. The summed E-state index contributed by atoms with van der Waals surface area (Å²) < 4.78 is 79.3. The van der Waals surface area contributed by atoms with E-state index < -0.39 is 41.3 Å². The zero-order valence-electron chi connectivity index (χ0n) is 19.0. The van der Waals surface area contributed by atoms with E-state index >= 15 is 0 Å². The van der Waals surface area contributed by atoms with Crippen molar-refractivity contribution in [1.29, 1.82) is 5.41 Å². The Balaban J connectivity index is 0.000000410. The number of nitrogens with zero attached hydrogens (tertiary/aromatic N) is 3. The fourth-order valence-electron chi connectivity index (χ4n) is 3.48. The molecule has 0 unspecified atom stereocenters. The van der Waals surface area contributed by atoms with Crippen LogP contribution in [0.2, 0.25) is 0 Å². The van der Waals surface area contributed by atoms with Crippen LogP contribution in [0.5, 0.6) is 0 Å². The van der Waals surface area contributed by atoms with Gasteiger partial charge in [-0.3, -0.25) is 5.41 Å². The zero-order chi connectivity index (χ0) is 26.6. The molecule has 1 fully saturated rings. The number of piperidine rings is 1. The number of fused-ring (bicyclic) bond motifs is 1. The molecule has 1 aromatic heterocycles. The van der Waals surface area contributed by atoms with Gasteiger partial charge in [0.05, 0.1) is 17.2 Å². The molecule has 0 bridgehead atoms. The third-order valence-electron chi connectivity index (χ3n) is 5.21. The summed E-state index contributed by atoms with van der Waals surface area (Å²) in [7, 11) is 3.45. The first-order valence-corrected chi connectivity index (χ1v) is 10.5. The average Bonchev–Trinajstić information content (AvgIpc) is 2.76. The van der Waals surface area contributed by atoms with Gasteiger partial charge in [-0.25, -0.2) is 4.98 Å². The van der Waals surface area contributed by atoms with E-state index in [2.05, 4.69) is 15.3 Å². The molecule has 194 valence electrons. The third-order valence-corrected chi connectivity index (χ3v) is 5.21. The summed E-state index contributed by atoms with van der Waals surface area (Å²) in [5.41, 5.74) is 6.48. The van der Waals surface area contributed by atoms with E-state index in [1.165, 1.54) is 6.07 Å². The summed E-state index contributed by atoms with van der Waals surface area (Å²) >= 11 is 0. The average molecular weight is 507 g/mol. The van der Waals surface area contributed by atoms with Crippen LogP contribution in [0.1, 0.15) is 42.2 Å². The van der Waals surface area contributed by atoms with Crippen LogP contribution in [0.25, 0.3) is 10.9 Å². The first kappa shape index (κ1) is 28.1. The number of aromatic nitrogens is 1.